The number of hydrogen-bond acceptors (Lipinski definition) is 5. The molecule has 72 valence electrons. The normalized spacial score (nSPS) is 10.6. The van der Waals surface area contributed by atoms with Crippen molar-refractivity contribution in [3.8, 4) is 0 Å². The van der Waals surface area contributed by atoms with Gasteiger partial charge in [0.15, 0.2) is 5.52 Å². The number of imidazole rings is 1. The van der Waals surface area contributed by atoms with Crippen molar-refractivity contribution in [1.29, 1.82) is 0 Å². The van der Waals surface area contributed by atoms with Gasteiger partial charge in [-0.2, -0.15) is 0 Å². The fourth-order valence-electron chi connectivity index (χ4n) is 1.29. The van der Waals surface area contributed by atoms with E-state index in [-0.39, 0.29) is 22.6 Å². The number of nitrogens with zero attached hydrogens (tertiary/aromatic N) is 2. The number of rotatable bonds is 1. The van der Waals surface area contributed by atoms with Gasteiger partial charge in [-0.15, -0.1) is 0 Å². The first-order valence-corrected chi connectivity index (χ1v) is 3.76. The number of nitrogens with one attached hydrogen (secondary N) is 1. The second-order valence-electron chi connectivity index (χ2n) is 2.78. The van der Waals surface area contributed by atoms with Gasteiger partial charge in [-0.3, -0.25) is 10.1 Å². The minimum Gasteiger partial charge on any atom is -0.397 e. The van der Waals surface area contributed by atoms with Crippen LogP contribution in [0.4, 0.5) is 17.1 Å². The van der Waals surface area contributed by atoms with Crippen molar-refractivity contribution in [2.75, 3.05) is 11.5 Å². The van der Waals surface area contributed by atoms with E-state index in [9.17, 15) is 10.1 Å². The van der Waals surface area contributed by atoms with Crippen LogP contribution in [0.25, 0.3) is 11.0 Å². The second-order valence-corrected chi connectivity index (χ2v) is 2.78. The molecule has 0 saturated heterocycles. The molecule has 0 aliphatic rings. The molecule has 5 N–H and O–H groups in total. The quantitative estimate of drug-likeness (QED) is 0.348. The number of aromatic amines is 1. The molecule has 1 heterocycles. The van der Waals surface area contributed by atoms with Gasteiger partial charge >= 0.3 is 5.69 Å². The van der Waals surface area contributed by atoms with E-state index in [0.29, 0.717) is 5.52 Å². The molecule has 14 heavy (non-hydrogen) atoms. The van der Waals surface area contributed by atoms with Crippen molar-refractivity contribution in [1.82, 2.24) is 9.97 Å². The molecule has 7 nitrogen and oxygen atoms in total. The van der Waals surface area contributed by atoms with E-state index in [1.54, 1.807) is 0 Å². The summed E-state index contributed by atoms with van der Waals surface area (Å²) in [6.45, 7) is 0. The van der Waals surface area contributed by atoms with Crippen LogP contribution in [-0.4, -0.2) is 14.9 Å². The maximum Gasteiger partial charge on any atom is 0.321 e. The van der Waals surface area contributed by atoms with Gasteiger partial charge in [0.1, 0.15) is 5.69 Å². The summed E-state index contributed by atoms with van der Waals surface area (Å²) in [5.74, 6) is 0. The lowest BCUT2D eigenvalue weighted by molar-refractivity contribution is -0.382. The third kappa shape index (κ3) is 0.954. The summed E-state index contributed by atoms with van der Waals surface area (Å²) in [5.41, 5.74) is 11.6. The Morgan fingerprint density at radius 2 is 2.21 bits per heavy atom. The molecular formula is C7H7N5O2. The van der Waals surface area contributed by atoms with Crippen molar-refractivity contribution in [3.63, 3.8) is 0 Å². The summed E-state index contributed by atoms with van der Waals surface area (Å²) in [4.78, 5) is 16.7. The summed E-state index contributed by atoms with van der Waals surface area (Å²) in [7, 11) is 0. The molecule has 0 fully saturated rings. The average molecular weight is 193 g/mol. The van der Waals surface area contributed by atoms with Crippen LogP contribution in [0.15, 0.2) is 12.4 Å². The van der Waals surface area contributed by atoms with Crippen LogP contribution < -0.4 is 11.5 Å². The van der Waals surface area contributed by atoms with E-state index >= 15 is 0 Å². The van der Waals surface area contributed by atoms with E-state index in [2.05, 4.69) is 9.97 Å². The Morgan fingerprint density at radius 3 is 2.86 bits per heavy atom. The Hall–Kier alpha value is -2.31. The number of nitro groups is 1. The highest BCUT2D eigenvalue weighted by Gasteiger charge is 2.21. The molecule has 0 saturated carbocycles. The molecular weight excluding hydrogens is 186 g/mol. The summed E-state index contributed by atoms with van der Waals surface area (Å²) in [5, 5.41) is 10.7. The zero-order chi connectivity index (χ0) is 10.3. The molecule has 0 aliphatic carbocycles. The lowest BCUT2D eigenvalue weighted by Gasteiger charge is -2.01. The highest BCUT2D eigenvalue weighted by molar-refractivity contribution is 5.96. The number of nitrogens with two attached hydrogens (primary N) is 2. The Balaban J connectivity index is 2.93. The Bertz CT molecular complexity index is 518. The second kappa shape index (κ2) is 2.59. The van der Waals surface area contributed by atoms with E-state index in [4.69, 9.17) is 11.5 Å². The number of anilines is 2. The summed E-state index contributed by atoms with van der Waals surface area (Å²) < 4.78 is 0. The van der Waals surface area contributed by atoms with Gasteiger partial charge in [0.2, 0.25) is 0 Å². The average Bonchev–Trinajstić information content (AvgIpc) is 2.52. The maximum absolute atomic E-state index is 10.7. The number of benzene rings is 1. The Kier molecular flexibility index (Phi) is 1.53. The van der Waals surface area contributed by atoms with Gasteiger partial charge in [0.05, 0.1) is 22.5 Å². The monoisotopic (exact) mass is 193 g/mol. The topological polar surface area (TPSA) is 124 Å². The third-order valence-corrected chi connectivity index (χ3v) is 1.94. The first-order valence-electron chi connectivity index (χ1n) is 3.76. The van der Waals surface area contributed by atoms with E-state index in [1.165, 1.54) is 12.4 Å². The smallest absolute Gasteiger partial charge is 0.321 e. The highest BCUT2D eigenvalue weighted by Crippen LogP contribution is 2.33. The van der Waals surface area contributed by atoms with Gasteiger partial charge in [-0.25, -0.2) is 4.98 Å². The van der Waals surface area contributed by atoms with Gasteiger partial charge in [-0.05, 0) is 6.07 Å². The molecule has 0 aliphatic heterocycles. The van der Waals surface area contributed by atoms with E-state index < -0.39 is 4.92 Å². The van der Waals surface area contributed by atoms with Crippen LogP contribution in [0, 0.1) is 10.1 Å². The number of H-pyrrole nitrogens is 1. The molecule has 0 amide bonds. The fraction of sp³-hybridized carbons (Fsp3) is 0. The Morgan fingerprint density at radius 1 is 1.50 bits per heavy atom. The van der Waals surface area contributed by atoms with Crippen molar-refractivity contribution in [2.45, 2.75) is 0 Å². The van der Waals surface area contributed by atoms with Crippen LogP contribution >= 0.6 is 0 Å². The molecule has 0 bridgehead atoms. The number of nitro benzene ring substituents is 1. The number of fused-ring (bicyclic) bond motifs is 1. The van der Waals surface area contributed by atoms with Crippen LogP contribution in [0.2, 0.25) is 0 Å². The molecule has 0 spiro atoms. The Labute approximate surface area is 77.9 Å². The number of aromatic nitrogens is 2. The van der Waals surface area contributed by atoms with Gasteiger partial charge in [0.25, 0.3) is 0 Å². The summed E-state index contributed by atoms with van der Waals surface area (Å²) in [6.07, 6.45) is 1.36. The molecule has 1 aromatic heterocycles. The van der Waals surface area contributed by atoms with Crippen molar-refractivity contribution in [3.05, 3.63) is 22.5 Å². The molecule has 2 rings (SSSR count). The highest BCUT2D eigenvalue weighted by atomic mass is 16.6. The predicted octanol–water partition coefficient (Wildman–Crippen LogP) is 0.635. The standard InChI is InChI=1S/C7H7N5O2/c8-3-1-4-6(11-2-10-4)7(5(3)9)12(13)14/h1-2H,8-9H2,(H,10,11). The van der Waals surface area contributed by atoms with Crippen molar-refractivity contribution >= 4 is 28.1 Å². The van der Waals surface area contributed by atoms with E-state index in [0.717, 1.165) is 0 Å². The lowest BCUT2D eigenvalue weighted by Crippen LogP contribution is -2.01. The molecule has 2 aromatic rings. The zero-order valence-corrected chi connectivity index (χ0v) is 7.02. The van der Waals surface area contributed by atoms with Crippen LogP contribution in [-0.2, 0) is 0 Å². The number of hydrogen-bond donors (Lipinski definition) is 3. The van der Waals surface area contributed by atoms with Gasteiger partial charge in [0, 0.05) is 0 Å². The van der Waals surface area contributed by atoms with Crippen LogP contribution in [0.3, 0.4) is 0 Å². The molecule has 0 radical (unpaired) electrons. The number of nitrogen functional groups attached to an aromatic ring is 2. The first kappa shape index (κ1) is 8.30. The molecule has 0 unspecified atom stereocenters. The molecule has 7 heteroatoms. The molecule has 1 aromatic carbocycles. The van der Waals surface area contributed by atoms with Crippen LogP contribution in [0.1, 0.15) is 0 Å². The van der Waals surface area contributed by atoms with Crippen molar-refractivity contribution in [2.24, 2.45) is 0 Å². The van der Waals surface area contributed by atoms with Gasteiger partial charge in [-0.1, -0.05) is 0 Å². The first-order chi connectivity index (χ1) is 6.61. The summed E-state index contributed by atoms with van der Waals surface area (Å²) >= 11 is 0. The largest absolute Gasteiger partial charge is 0.397 e. The maximum atomic E-state index is 10.7. The van der Waals surface area contributed by atoms with Gasteiger partial charge < -0.3 is 16.5 Å². The zero-order valence-electron chi connectivity index (χ0n) is 7.02. The summed E-state index contributed by atoms with van der Waals surface area (Å²) in [6, 6.07) is 1.52. The van der Waals surface area contributed by atoms with E-state index in [1.807, 2.05) is 0 Å². The van der Waals surface area contributed by atoms with Crippen molar-refractivity contribution < 1.29 is 4.92 Å². The minimum atomic E-state index is -0.588. The third-order valence-electron chi connectivity index (χ3n) is 1.94. The predicted molar refractivity (Wildman–Crippen MR) is 51.6 cm³/mol. The molecule has 0 atom stereocenters. The fourth-order valence-corrected chi connectivity index (χ4v) is 1.29. The minimum absolute atomic E-state index is 0.0467. The SMILES string of the molecule is Nc1cc2[nH]cnc2c([N+](=O)[O-])c1N. The lowest BCUT2D eigenvalue weighted by atomic mass is 10.2. The van der Waals surface area contributed by atoms with Crippen LogP contribution in [0.5, 0.6) is 0 Å².